The second kappa shape index (κ2) is 7.61. The monoisotopic (exact) mass is 411 g/mol. The van der Waals surface area contributed by atoms with Gasteiger partial charge in [-0.15, -0.1) is 0 Å². The van der Waals surface area contributed by atoms with Gasteiger partial charge in [-0.3, -0.25) is 4.79 Å². The van der Waals surface area contributed by atoms with Crippen LogP contribution in [0.25, 0.3) is 0 Å². The van der Waals surface area contributed by atoms with Crippen molar-refractivity contribution >= 4 is 16.9 Å². The molecule has 0 saturated carbocycles. The summed E-state index contributed by atoms with van der Waals surface area (Å²) in [4.78, 5) is 19.3. The summed E-state index contributed by atoms with van der Waals surface area (Å²) in [5.74, 6) is 1.13. The average Bonchev–Trinajstić information content (AvgIpc) is 3.33. The molecule has 3 aliphatic heterocycles. The number of rotatable bonds is 4. The summed E-state index contributed by atoms with van der Waals surface area (Å²) in [6, 6.07) is 11.5. The van der Waals surface area contributed by atoms with E-state index in [2.05, 4.69) is 4.98 Å². The van der Waals surface area contributed by atoms with Gasteiger partial charge in [-0.2, -0.15) is 0 Å². The van der Waals surface area contributed by atoms with Crippen molar-refractivity contribution in [1.29, 1.82) is 0 Å². The molecular weight excluding hydrogens is 390 g/mol. The van der Waals surface area contributed by atoms with Gasteiger partial charge >= 0.3 is 0 Å². The molecule has 0 bridgehead atoms. The average molecular weight is 411 g/mol. The molecule has 0 fully saturated rings. The lowest BCUT2D eigenvalue weighted by Crippen LogP contribution is -2.35. The molecule has 0 radical (unpaired) electrons. The highest BCUT2D eigenvalue weighted by Gasteiger charge is 2.34. The highest BCUT2D eigenvalue weighted by Crippen LogP contribution is 2.32. The van der Waals surface area contributed by atoms with Crippen molar-refractivity contribution in [2.24, 2.45) is 0 Å². The Labute approximate surface area is 171 Å². The van der Waals surface area contributed by atoms with E-state index >= 15 is 0 Å². The van der Waals surface area contributed by atoms with Crippen LogP contribution in [0.1, 0.15) is 5.56 Å². The first-order chi connectivity index (χ1) is 14.2. The van der Waals surface area contributed by atoms with Gasteiger partial charge in [-0.1, -0.05) is 30.3 Å². The van der Waals surface area contributed by atoms with Crippen LogP contribution >= 0.6 is 0 Å². The van der Waals surface area contributed by atoms with Crippen LogP contribution in [0.5, 0.6) is 11.6 Å². The third kappa shape index (κ3) is 3.65. The van der Waals surface area contributed by atoms with Gasteiger partial charge in [0.1, 0.15) is 24.2 Å². The number of benzene rings is 1. The van der Waals surface area contributed by atoms with Gasteiger partial charge in [0, 0.05) is 38.4 Å². The third-order valence-corrected chi connectivity index (χ3v) is 6.71. The number of nitrogens with zero attached hydrogens (tertiary/aromatic N) is 3. The van der Waals surface area contributed by atoms with Crippen molar-refractivity contribution in [2.45, 2.75) is 11.3 Å². The molecule has 5 rings (SSSR count). The van der Waals surface area contributed by atoms with Gasteiger partial charge in [0.05, 0.1) is 11.3 Å². The molecule has 150 valence electrons. The minimum Gasteiger partial charge on any atom is -0.484 e. The van der Waals surface area contributed by atoms with E-state index in [1.165, 1.54) is 11.1 Å². The number of carbonyl (C=O) groups is 1. The molecule has 1 amide bonds. The van der Waals surface area contributed by atoms with E-state index in [9.17, 15) is 9.00 Å². The number of carbonyl (C=O) groups excluding carboxylic acids is 1. The SMILES string of the molecule is O=C(Cc1ccccc1)N1CC2=C(C1)CN(S(=O)c1cnc3c(c1)OCCO3)C2. The number of hydrogen-bond acceptors (Lipinski definition) is 5. The summed E-state index contributed by atoms with van der Waals surface area (Å²) in [6.45, 7) is 3.39. The number of aromatic nitrogens is 1. The van der Waals surface area contributed by atoms with Gasteiger partial charge in [-0.05, 0) is 16.7 Å². The fourth-order valence-electron chi connectivity index (χ4n) is 3.88. The third-order valence-electron chi connectivity index (χ3n) is 5.36. The maximum atomic E-state index is 13.0. The summed E-state index contributed by atoms with van der Waals surface area (Å²) >= 11 is 0. The van der Waals surface area contributed by atoms with Crippen LogP contribution in [0.3, 0.4) is 0 Å². The second-order valence-electron chi connectivity index (χ2n) is 7.34. The van der Waals surface area contributed by atoms with Crippen molar-refractivity contribution in [3.05, 3.63) is 59.3 Å². The lowest BCUT2D eigenvalue weighted by Gasteiger charge is -2.23. The van der Waals surface area contributed by atoms with Gasteiger partial charge in [-0.25, -0.2) is 13.5 Å². The van der Waals surface area contributed by atoms with Crippen molar-refractivity contribution in [3.63, 3.8) is 0 Å². The van der Waals surface area contributed by atoms with Gasteiger partial charge < -0.3 is 14.4 Å². The molecule has 0 aliphatic carbocycles. The molecule has 1 aromatic heterocycles. The van der Waals surface area contributed by atoms with Crippen molar-refractivity contribution < 1.29 is 18.5 Å². The first-order valence-electron chi connectivity index (χ1n) is 9.61. The molecule has 0 saturated heterocycles. The van der Waals surface area contributed by atoms with E-state index in [1.54, 1.807) is 12.3 Å². The van der Waals surface area contributed by atoms with Crippen molar-refractivity contribution in [3.8, 4) is 11.6 Å². The zero-order valence-electron chi connectivity index (χ0n) is 15.9. The Hall–Kier alpha value is -2.71. The highest BCUT2D eigenvalue weighted by atomic mass is 32.2. The van der Waals surface area contributed by atoms with Crippen LogP contribution in [0.15, 0.2) is 58.6 Å². The molecular formula is C21H21N3O4S. The van der Waals surface area contributed by atoms with Crippen LogP contribution < -0.4 is 9.47 Å². The lowest BCUT2D eigenvalue weighted by molar-refractivity contribution is -0.129. The molecule has 4 heterocycles. The predicted molar refractivity (Wildman–Crippen MR) is 107 cm³/mol. The lowest BCUT2D eigenvalue weighted by atomic mass is 10.1. The molecule has 2 aromatic rings. The van der Waals surface area contributed by atoms with Crippen LogP contribution in [0.4, 0.5) is 0 Å². The molecule has 3 aliphatic rings. The molecule has 1 unspecified atom stereocenters. The number of hydrogen-bond donors (Lipinski definition) is 0. The molecule has 1 aromatic carbocycles. The van der Waals surface area contributed by atoms with Gasteiger partial charge in [0.15, 0.2) is 5.75 Å². The van der Waals surface area contributed by atoms with E-state index in [4.69, 9.17) is 9.47 Å². The summed E-state index contributed by atoms with van der Waals surface area (Å²) in [5, 5.41) is 0. The molecule has 8 heteroatoms. The molecule has 0 N–H and O–H groups in total. The Morgan fingerprint density at radius 2 is 1.76 bits per heavy atom. The maximum absolute atomic E-state index is 13.0. The number of amides is 1. The normalized spacial score (nSPS) is 19.4. The van der Waals surface area contributed by atoms with Crippen LogP contribution in [0, 0.1) is 0 Å². The Kier molecular flexibility index (Phi) is 4.81. The zero-order chi connectivity index (χ0) is 19.8. The van der Waals surface area contributed by atoms with Crippen molar-refractivity contribution in [2.75, 3.05) is 39.4 Å². The van der Waals surface area contributed by atoms with E-state index < -0.39 is 11.0 Å². The minimum absolute atomic E-state index is 0.134. The van der Waals surface area contributed by atoms with E-state index in [0.29, 0.717) is 62.3 Å². The molecule has 0 spiro atoms. The minimum atomic E-state index is -1.33. The van der Waals surface area contributed by atoms with Crippen LogP contribution in [-0.4, -0.2) is 63.7 Å². The maximum Gasteiger partial charge on any atom is 0.257 e. The van der Waals surface area contributed by atoms with Gasteiger partial charge in [0.2, 0.25) is 5.91 Å². The highest BCUT2D eigenvalue weighted by molar-refractivity contribution is 7.82. The number of ether oxygens (including phenoxy) is 2. The van der Waals surface area contributed by atoms with Gasteiger partial charge in [0.25, 0.3) is 5.88 Å². The quantitative estimate of drug-likeness (QED) is 0.715. The molecule has 29 heavy (non-hydrogen) atoms. The van der Waals surface area contributed by atoms with Crippen molar-refractivity contribution in [1.82, 2.24) is 14.2 Å². The Morgan fingerprint density at radius 3 is 2.52 bits per heavy atom. The largest absolute Gasteiger partial charge is 0.484 e. The summed E-state index contributed by atoms with van der Waals surface area (Å²) < 4.78 is 25.9. The number of fused-ring (bicyclic) bond motifs is 1. The topological polar surface area (TPSA) is 72.0 Å². The smallest absolute Gasteiger partial charge is 0.257 e. The van der Waals surface area contributed by atoms with E-state index in [1.807, 2.05) is 39.5 Å². The van der Waals surface area contributed by atoms with Crippen LogP contribution in [-0.2, 0) is 22.2 Å². The second-order valence-corrected chi connectivity index (χ2v) is 8.82. The number of pyridine rings is 1. The molecule has 1 atom stereocenters. The zero-order valence-corrected chi connectivity index (χ0v) is 16.7. The Bertz CT molecular complexity index is 990. The first-order valence-corrected chi connectivity index (χ1v) is 10.7. The van der Waals surface area contributed by atoms with E-state index in [-0.39, 0.29) is 5.91 Å². The summed E-state index contributed by atoms with van der Waals surface area (Å²) in [7, 11) is -1.33. The Morgan fingerprint density at radius 1 is 1.03 bits per heavy atom. The standard InChI is InChI=1S/C21H21N3O4S/c25-20(8-15-4-2-1-3-5-15)23-11-16-13-24(14-17(16)12-23)29(26)18-9-19-21(22-10-18)28-7-6-27-19/h1-5,9-10H,6-8,11-14H2. The first kappa shape index (κ1) is 18.3. The predicted octanol–water partition coefficient (Wildman–Crippen LogP) is 1.57. The fourth-order valence-corrected chi connectivity index (χ4v) is 5.08. The van der Waals surface area contributed by atoms with E-state index in [0.717, 1.165) is 5.56 Å². The molecule has 7 nitrogen and oxygen atoms in total. The fraction of sp³-hybridized carbons (Fsp3) is 0.333. The Balaban J connectivity index is 1.20. The summed E-state index contributed by atoms with van der Waals surface area (Å²) in [5.41, 5.74) is 3.42. The van der Waals surface area contributed by atoms with Crippen LogP contribution in [0.2, 0.25) is 0 Å². The summed E-state index contributed by atoms with van der Waals surface area (Å²) in [6.07, 6.45) is 2.00.